The summed E-state index contributed by atoms with van der Waals surface area (Å²) in [6.45, 7) is 6.93. The average molecular weight is 303 g/mol. The molecule has 1 saturated carbocycles. The Morgan fingerprint density at radius 3 is 2.82 bits per heavy atom. The zero-order valence-corrected chi connectivity index (χ0v) is 13.7. The number of aryl methyl sites for hydroxylation is 2. The second-order valence-electron chi connectivity index (χ2n) is 7.21. The maximum Gasteiger partial charge on any atom is 0.349 e. The predicted octanol–water partition coefficient (Wildman–Crippen LogP) is 3.16. The summed E-state index contributed by atoms with van der Waals surface area (Å²) >= 11 is 0. The van der Waals surface area contributed by atoms with Crippen molar-refractivity contribution in [3.05, 3.63) is 33.4 Å². The predicted molar refractivity (Wildman–Crippen MR) is 85.0 cm³/mol. The van der Waals surface area contributed by atoms with E-state index in [0.717, 1.165) is 31.4 Å². The highest BCUT2D eigenvalue weighted by atomic mass is 16.4. The molecule has 4 nitrogen and oxygen atoms in total. The second-order valence-corrected chi connectivity index (χ2v) is 7.21. The van der Waals surface area contributed by atoms with Crippen LogP contribution in [-0.4, -0.2) is 23.4 Å². The van der Waals surface area contributed by atoms with E-state index in [9.17, 15) is 9.59 Å². The van der Waals surface area contributed by atoms with Crippen LogP contribution in [0.25, 0.3) is 0 Å². The third kappa shape index (κ3) is 2.71. The van der Waals surface area contributed by atoms with E-state index < -0.39 is 5.63 Å². The van der Waals surface area contributed by atoms with Crippen molar-refractivity contribution in [2.45, 2.75) is 58.9 Å². The van der Waals surface area contributed by atoms with Crippen LogP contribution in [0.15, 0.2) is 15.3 Å². The summed E-state index contributed by atoms with van der Waals surface area (Å²) in [5.41, 5.74) is 0.519. The molecule has 1 aromatic heterocycles. The molecule has 0 spiro atoms. The number of carbonyl (C=O) groups excluding carboxylic acids is 1. The van der Waals surface area contributed by atoms with Crippen LogP contribution in [0.4, 0.5) is 0 Å². The zero-order chi connectivity index (χ0) is 15.9. The average Bonchev–Trinajstić information content (AvgIpc) is 2.77. The fraction of sp³-hybridized carbons (Fsp3) is 0.667. The van der Waals surface area contributed by atoms with E-state index in [-0.39, 0.29) is 11.5 Å². The molecule has 120 valence electrons. The Labute approximate surface area is 131 Å². The summed E-state index contributed by atoms with van der Waals surface area (Å²) < 4.78 is 5.39. The minimum Gasteiger partial charge on any atom is -0.427 e. The van der Waals surface area contributed by atoms with Crippen LogP contribution in [0.3, 0.4) is 0 Å². The van der Waals surface area contributed by atoms with E-state index in [1.54, 1.807) is 0 Å². The van der Waals surface area contributed by atoms with Crippen LogP contribution in [0.5, 0.6) is 0 Å². The number of nitrogens with zero attached hydrogens (tertiary/aromatic N) is 1. The van der Waals surface area contributed by atoms with E-state index in [4.69, 9.17) is 4.42 Å². The summed E-state index contributed by atoms with van der Waals surface area (Å²) in [5.74, 6) is 1.77. The van der Waals surface area contributed by atoms with Crippen LogP contribution < -0.4 is 5.63 Å². The van der Waals surface area contributed by atoms with Crippen molar-refractivity contribution in [3.8, 4) is 0 Å². The largest absolute Gasteiger partial charge is 0.427 e. The molecular formula is C18H25NO3. The van der Waals surface area contributed by atoms with Crippen molar-refractivity contribution in [1.82, 2.24) is 4.90 Å². The molecule has 4 heteroatoms. The lowest BCUT2D eigenvalue weighted by Crippen LogP contribution is -2.56. The lowest BCUT2D eigenvalue weighted by atomic mass is 9.90. The SMILES string of the molecule is Cc1cc(CCC(C)C)oc(=O)c1C(=O)N1C[C@@H]2CCC[C@@H]21. The highest BCUT2D eigenvalue weighted by Gasteiger charge is 2.45. The molecule has 3 rings (SSSR count). The first-order valence-electron chi connectivity index (χ1n) is 8.42. The molecule has 0 N–H and O–H groups in total. The molecule has 1 amide bonds. The molecule has 2 aliphatic rings. The fourth-order valence-corrected chi connectivity index (χ4v) is 3.75. The topological polar surface area (TPSA) is 50.5 Å². The highest BCUT2D eigenvalue weighted by Crippen LogP contribution is 2.39. The first-order valence-corrected chi connectivity index (χ1v) is 8.42. The molecule has 0 unspecified atom stereocenters. The van der Waals surface area contributed by atoms with Gasteiger partial charge in [-0.15, -0.1) is 0 Å². The molecule has 1 aromatic rings. The maximum atomic E-state index is 12.7. The van der Waals surface area contributed by atoms with Gasteiger partial charge in [-0.1, -0.05) is 20.3 Å². The lowest BCUT2D eigenvalue weighted by molar-refractivity contribution is 0.0264. The molecule has 1 saturated heterocycles. The van der Waals surface area contributed by atoms with Crippen molar-refractivity contribution < 1.29 is 9.21 Å². The lowest BCUT2D eigenvalue weighted by Gasteiger charge is -2.44. The van der Waals surface area contributed by atoms with Crippen molar-refractivity contribution in [3.63, 3.8) is 0 Å². The van der Waals surface area contributed by atoms with Gasteiger partial charge in [-0.05, 0) is 49.7 Å². The van der Waals surface area contributed by atoms with Gasteiger partial charge in [-0.25, -0.2) is 4.79 Å². The van der Waals surface area contributed by atoms with Gasteiger partial charge in [0.2, 0.25) is 0 Å². The van der Waals surface area contributed by atoms with Gasteiger partial charge >= 0.3 is 5.63 Å². The minimum absolute atomic E-state index is 0.134. The Hall–Kier alpha value is -1.58. The Bertz CT molecular complexity index is 632. The summed E-state index contributed by atoms with van der Waals surface area (Å²) in [4.78, 5) is 26.8. The number of hydrogen-bond donors (Lipinski definition) is 0. The Kier molecular flexibility index (Phi) is 4.11. The van der Waals surface area contributed by atoms with Gasteiger partial charge in [0.15, 0.2) is 0 Å². The van der Waals surface area contributed by atoms with E-state index in [0.29, 0.717) is 23.6 Å². The van der Waals surface area contributed by atoms with Crippen molar-refractivity contribution in [2.24, 2.45) is 11.8 Å². The number of hydrogen-bond acceptors (Lipinski definition) is 3. The fourth-order valence-electron chi connectivity index (χ4n) is 3.75. The van der Waals surface area contributed by atoms with Crippen LogP contribution in [-0.2, 0) is 6.42 Å². The summed E-state index contributed by atoms with van der Waals surface area (Å²) in [6, 6.07) is 2.22. The van der Waals surface area contributed by atoms with Crippen LogP contribution in [0.2, 0.25) is 0 Å². The van der Waals surface area contributed by atoms with E-state index >= 15 is 0 Å². The Balaban J connectivity index is 1.79. The standard InChI is InChI=1S/C18H25NO3/c1-11(2)7-8-14-9-12(3)16(18(21)22-14)17(20)19-10-13-5-4-6-15(13)19/h9,11,13,15H,4-8,10H2,1-3H3/t13-,15-/m0/s1. The van der Waals surface area contributed by atoms with E-state index in [1.165, 1.54) is 12.8 Å². The number of carbonyl (C=O) groups is 1. The van der Waals surface area contributed by atoms with Gasteiger partial charge in [0.1, 0.15) is 11.3 Å². The third-order valence-electron chi connectivity index (χ3n) is 5.09. The maximum absolute atomic E-state index is 12.7. The van der Waals surface area contributed by atoms with Crippen LogP contribution in [0, 0.1) is 18.8 Å². The summed E-state index contributed by atoms with van der Waals surface area (Å²) in [6.07, 6.45) is 5.21. The zero-order valence-electron chi connectivity index (χ0n) is 13.7. The third-order valence-corrected chi connectivity index (χ3v) is 5.09. The molecule has 0 aromatic carbocycles. The number of amides is 1. The molecule has 2 atom stereocenters. The summed E-state index contributed by atoms with van der Waals surface area (Å²) in [7, 11) is 0. The van der Waals surface area contributed by atoms with Gasteiger partial charge in [0.25, 0.3) is 5.91 Å². The van der Waals surface area contributed by atoms with Gasteiger partial charge in [0.05, 0.1) is 0 Å². The number of rotatable bonds is 4. The molecular weight excluding hydrogens is 278 g/mol. The highest BCUT2D eigenvalue weighted by molar-refractivity contribution is 5.96. The molecule has 22 heavy (non-hydrogen) atoms. The van der Waals surface area contributed by atoms with E-state index in [1.807, 2.05) is 17.9 Å². The summed E-state index contributed by atoms with van der Waals surface area (Å²) in [5, 5.41) is 0. The Morgan fingerprint density at radius 1 is 1.41 bits per heavy atom. The molecule has 1 aliphatic carbocycles. The molecule has 2 heterocycles. The van der Waals surface area contributed by atoms with Gasteiger partial charge in [0, 0.05) is 19.0 Å². The molecule has 2 fully saturated rings. The first-order chi connectivity index (χ1) is 10.5. The van der Waals surface area contributed by atoms with Crippen molar-refractivity contribution in [2.75, 3.05) is 6.54 Å². The monoisotopic (exact) mass is 303 g/mol. The second kappa shape index (κ2) is 5.90. The number of fused-ring (bicyclic) bond motifs is 1. The van der Waals surface area contributed by atoms with Gasteiger partial charge < -0.3 is 9.32 Å². The van der Waals surface area contributed by atoms with Gasteiger partial charge in [-0.3, -0.25) is 4.79 Å². The normalized spacial score (nSPS) is 23.5. The van der Waals surface area contributed by atoms with Crippen molar-refractivity contribution in [1.29, 1.82) is 0 Å². The van der Waals surface area contributed by atoms with Crippen molar-refractivity contribution >= 4 is 5.91 Å². The van der Waals surface area contributed by atoms with Gasteiger partial charge in [-0.2, -0.15) is 0 Å². The molecule has 1 aliphatic heterocycles. The Morgan fingerprint density at radius 2 is 2.18 bits per heavy atom. The van der Waals surface area contributed by atoms with Crippen LogP contribution >= 0.6 is 0 Å². The smallest absolute Gasteiger partial charge is 0.349 e. The molecule has 0 radical (unpaired) electrons. The first kappa shape index (κ1) is 15.3. The minimum atomic E-state index is -0.467. The quantitative estimate of drug-likeness (QED) is 0.858. The van der Waals surface area contributed by atoms with E-state index in [2.05, 4.69) is 13.8 Å². The number of likely N-dealkylation sites (tertiary alicyclic amines) is 1. The molecule has 0 bridgehead atoms. The van der Waals surface area contributed by atoms with Crippen LogP contribution in [0.1, 0.15) is 61.2 Å².